The van der Waals surface area contributed by atoms with Crippen molar-refractivity contribution in [2.75, 3.05) is 7.11 Å². The van der Waals surface area contributed by atoms with Crippen LogP contribution in [0.5, 0.6) is 5.75 Å². The Kier molecular flexibility index (Phi) is 11.5. The van der Waals surface area contributed by atoms with Crippen LogP contribution in [0.25, 0.3) is 10.9 Å². The quantitative estimate of drug-likeness (QED) is 0.0585. The number of ether oxygens (including phenoxy) is 1. The lowest BCUT2D eigenvalue weighted by atomic mass is 10.00. The molecule has 0 N–H and O–H groups in total. The van der Waals surface area contributed by atoms with Gasteiger partial charge in [0.15, 0.2) is 0 Å². The molecule has 0 spiro atoms. The number of hydrogen-bond donors (Lipinski definition) is 0. The van der Waals surface area contributed by atoms with Crippen molar-refractivity contribution in [1.29, 1.82) is 0 Å². The number of unbranched alkanes of at least 4 members (excludes halogenated alkanes) is 1. The molecule has 0 aliphatic rings. The Hall–Kier alpha value is -3.25. The van der Waals surface area contributed by atoms with Gasteiger partial charge in [-0.1, -0.05) is 87.9 Å². The van der Waals surface area contributed by atoms with E-state index < -0.39 is 21.7 Å². The molecule has 2 radical (unpaired) electrons. The molecule has 2 unspecified atom stereocenters. The highest BCUT2D eigenvalue weighted by molar-refractivity contribution is 7.87. The zero-order valence-corrected chi connectivity index (χ0v) is 27.6. The van der Waals surface area contributed by atoms with Crippen LogP contribution in [-0.4, -0.2) is 35.8 Å². The number of halogens is 3. The summed E-state index contributed by atoms with van der Waals surface area (Å²) < 4.78 is 80.0. The fourth-order valence-electron chi connectivity index (χ4n) is 4.76. The minimum atomic E-state index is -5.84. The van der Waals surface area contributed by atoms with Gasteiger partial charge in [0.1, 0.15) is 11.9 Å². The average Bonchev–Trinajstić information content (AvgIpc) is 2.99. The van der Waals surface area contributed by atoms with Gasteiger partial charge in [-0.25, -0.2) is 4.98 Å². The van der Waals surface area contributed by atoms with Crippen LogP contribution in [0.1, 0.15) is 74.6 Å². The number of rotatable bonds is 14. The van der Waals surface area contributed by atoms with E-state index in [1.165, 1.54) is 6.07 Å². The van der Waals surface area contributed by atoms with E-state index in [0.717, 1.165) is 47.9 Å². The molecule has 1 heterocycles. The van der Waals surface area contributed by atoms with Gasteiger partial charge in [-0.05, 0) is 65.3 Å². The first-order chi connectivity index (χ1) is 21.2. The van der Waals surface area contributed by atoms with Gasteiger partial charge >= 0.3 is 15.6 Å². The highest BCUT2D eigenvalue weighted by Crippen LogP contribution is 2.33. The van der Waals surface area contributed by atoms with Crippen molar-refractivity contribution < 1.29 is 34.9 Å². The lowest BCUT2D eigenvalue weighted by Crippen LogP contribution is -2.28. The Morgan fingerprint density at radius 1 is 0.844 bits per heavy atom. The third-order valence-electron chi connectivity index (χ3n) is 7.07. The van der Waals surface area contributed by atoms with E-state index in [1.807, 2.05) is 42.5 Å². The molecule has 0 fully saturated rings. The van der Waals surface area contributed by atoms with Crippen molar-refractivity contribution in [2.45, 2.75) is 75.6 Å². The van der Waals surface area contributed by atoms with Gasteiger partial charge in [0, 0.05) is 11.8 Å². The highest BCUT2D eigenvalue weighted by atomic mass is 32.2. The van der Waals surface area contributed by atoms with Gasteiger partial charge in [0.2, 0.25) is 9.76 Å². The number of hydrogen-bond acceptors (Lipinski definition) is 6. The van der Waals surface area contributed by atoms with Crippen molar-refractivity contribution in [3.8, 4) is 5.75 Å². The van der Waals surface area contributed by atoms with Gasteiger partial charge < -0.3 is 9.16 Å². The first kappa shape index (κ1) is 34.6. The number of aromatic nitrogens is 1. The Morgan fingerprint density at radius 3 is 2.18 bits per heavy atom. The van der Waals surface area contributed by atoms with Crippen LogP contribution in [0.3, 0.4) is 0 Å². The Bertz CT molecular complexity index is 1640. The molecule has 11 heteroatoms. The number of benzene rings is 3. The molecule has 45 heavy (non-hydrogen) atoms. The second-order valence-electron chi connectivity index (χ2n) is 11.9. The second kappa shape index (κ2) is 14.9. The van der Waals surface area contributed by atoms with Gasteiger partial charge in [-0.15, -0.1) is 0 Å². The lowest BCUT2D eigenvalue weighted by Gasteiger charge is -2.23. The summed E-state index contributed by atoms with van der Waals surface area (Å²) in [6.45, 7) is 6.46. The maximum atomic E-state index is 13.2. The molecule has 2 atom stereocenters. The maximum Gasteiger partial charge on any atom is 0.523 e. The Morgan fingerprint density at radius 2 is 1.53 bits per heavy atom. The summed E-state index contributed by atoms with van der Waals surface area (Å²) in [5.74, 6) is 0.795. The van der Waals surface area contributed by atoms with Gasteiger partial charge in [0.05, 0.1) is 24.4 Å². The molecule has 0 saturated heterocycles. The largest absolute Gasteiger partial charge is 0.523 e. The first-order valence-corrected chi connectivity index (χ1v) is 17.1. The van der Waals surface area contributed by atoms with E-state index in [1.54, 1.807) is 43.5 Å². The fraction of sp³-hybridized carbons (Fsp3) is 0.382. The molecule has 0 aliphatic heterocycles. The minimum Gasteiger partial charge on any atom is -0.497 e. The summed E-state index contributed by atoms with van der Waals surface area (Å²) in [7, 11) is -3.85. The third kappa shape index (κ3) is 10.1. The van der Waals surface area contributed by atoms with Crippen molar-refractivity contribution in [3.05, 3.63) is 107 Å². The molecule has 0 bridgehead atoms. The van der Waals surface area contributed by atoms with E-state index in [0.29, 0.717) is 20.8 Å². The summed E-state index contributed by atoms with van der Waals surface area (Å²) in [4.78, 5) is 4.57. The molecule has 3 aromatic carbocycles. The summed E-state index contributed by atoms with van der Waals surface area (Å²) in [6, 6.07) is 25.6. The molecule has 4 rings (SSSR count). The van der Waals surface area contributed by atoms with Crippen LogP contribution in [0.4, 0.5) is 13.2 Å². The molecular weight excluding hydrogens is 620 g/mol. The number of methoxy groups -OCH3 is 1. The van der Waals surface area contributed by atoms with E-state index in [2.05, 4.69) is 25.8 Å². The molecule has 0 saturated carbocycles. The summed E-state index contributed by atoms with van der Waals surface area (Å²) >= 11 is 0. The van der Waals surface area contributed by atoms with Crippen molar-refractivity contribution in [3.63, 3.8) is 0 Å². The summed E-state index contributed by atoms with van der Waals surface area (Å²) in [5, 5.41) is 0.847. The number of alkyl halides is 3. The van der Waals surface area contributed by atoms with Crippen LogP contribution < -0.4 is 4.74 Å². The predicted octanol–water partition coefficient (Wildman–Crippen LogP) is 8.70. The third-order valence-corrected chi connectivity index (χ3v) is 9.14. The van der Waals surface area contributed by atoms with Gasteiger partial charge in [0.25, 0.3) is 0 Å². The Labute approximate surface area is 266 Å². The summed E-state index contributed by atoms with van der Waals surface area (Å²) in [6.07, 6.45) is 1.84. The zero-order chi connectivity index (χ0) is 32.7. The van der Waals surface area contributed by atoms with Crippen molar-refractivity contribution in [2.24, 2.45) is 0 Å². The van der Waals surface area contributed by atoms with Crippen LogP contribution in [0.15, 0.2) is 84.9 Å². The number of fused-ring (bicyclic) bond motifs is 1. The van der Waals surface area contributed by atoms with E-state index >= 15 is 0 Å². The fourth-order valence-corrected chi connectivity index (χ4v) is 6.09. The smallest absolute Gasteiger partial charge is 0.497 e. The molecule has 1 aromatic heterocycles. The van der Waals surface area contributed by atoms with Crippen LogP contribution >= 0.6 is 0 Å². The second-order valence-corrected chi connectivity index (χ2v) is 15.4. The zero-order valence-electron chi connectivity index (χ0n) is 25.8. The molecule has 0 aliphatic carbocycles. The van der Waals surface area contributed by atoms with E-state index in [9.17, 15) is 21.6 Å². The highest BCUT2D eigenvalue weighted by Gasteiger charge is 2.49. The van der Waals surface area contributed by atoms with Crippen LogP contribution in [0.2, 0.25) is 5.04 Å². The first-order valence-electron chi connectivity index (χ1n) is 14.7. The van der Waals surface area contributed by atoms with Gasteiger partial charge in [-0.3, -0.25) is 4.18 Å². The summed E-state index contributed by atoms with van der Waals surface area (Å²) in [5.41, 5.74) is -2.13. The van der Waals surface area contributed by atoms with E-state index in [4.69, 9.17) is 13.3 Å². The Balaban J connectivity index is 1.47. The molecule has 4 aromatic rings. The van der Waals surface area contributed by atoms with Crippen LogP contribution in [0, 0.1) is 0 Å². The van der Waals surface area contributed by atoms with Gasteiger partial charge in [-0.2, -0.15) is 21.6 Å². The molecular formula is C34H38F3NO5SSi. The standard InChI is InChI=1S/C34H38F3NO5SSi/c1-33(2,3)45-43-31(27-16-19-28(41-4)20-17-27)13-9-8-12-25-14-15-26-18-21-29(38-30(26)22-25)32(23-24-10-6-5-7-11-24)42-44(39,40)34(35,36)37/h5-7,10-11,14-22,31-32H,8-9,12-13,23H2,1-4H3. The van der Waals surface area contributed by atoms with Crippen molar-refractivity contribution in [1.82, 2.24) is 4.98 Å². The number of nitrogens with zero attached hydrogens (tertiary/aromatic N) is 1. The van der Waals surface area contributed by atoms with Crippen LogP contribution in [-0.2, 0) is 31.6 Å². The maximum absolute atomic E-state index is 13.2. The van der Waals surface area contributed by atoms with Crippen molar-refractivity contribution >= 4 is 30.8 Å². The SMILES string of the molecule is COc1ccc(C(CCCCc2ccc3ccc(C(Cc4ccccc4)OS(=O)(=O)C(F)(F)F)nc3c2)O[Si]C(C)(C)C)cc1. The lowest BCUT2D eigenvalue weighted by molar-refractivity contribution is -0.0576. The normalized spacial score (nSPS) is 13.9. The molecule has 0 amide bonds. The minimum absolute atomic E-state index is 0.0381. The van der Waals surface area contributed by atoms with E-state index in [-0.39, 0.29) is 23.3 Å². The predicted molar refractivity (Wildman–Crippen MR) is 171 cm³/mol. The average molecular weight is 658 g/mol. The molecule has 240 valence electrons. The molecule has 6 nitrogen and oxygen atoms in total. The topological polar surface area (TPSA) is 74.7 Å². The monoisotopic (exact) mass is 657 g/mol. The number of pyridine rings is 1. The number of aryl methyl sites for hydroxylation is 1.